The maximum atomic E-state index is 10.5. The number of nitrogens with zero attached hydrogens (tertiary/aromatic N) is 4. The van der Waals surface area contributed by atoms with Crippen LogP contribution in [-0.2, 0) is 4.79 Å². The third kappa shape index (κ3) is 3.58. The molecule has 2 atom stereocenters. The van der Waals surface area contributed by atoms with Crippen molar-refractivity contribution in [2.24, 2.45) is 5.92 Å². The number of hydrogen-bond acceptors (Lipinski definition) is 7. The highest BCUT2D eigenvalue weighted by Crippen LogP contribution is 2.32. The third-order valence-electron chi connectivity index (χ3n) is 3.22. The van der Waals surface area contributed by atoms with Crippen LogP contribution in [-0.4, -0.2) is 65.2 Å². The summed E-state index contributed by atoms with van der Waals surface area (Å²) in [5.74, 6) is -0.205. The molecule has 8 heteroatoms. The fraction of sp³-hybridized carbons (Fsp3) is 0.727. The molecule has 0 aliphatic carbocycles. The van der Waals surface area contributed by atoms with Crippen molar-refractivity contribution in [2.75, 3.05) is 37.8 Å². The lowest BCUT2D eigenvalue weighted by Gasteiger charge is -2.22. The molecule has 2 heterocycles. The molecule has 6 nitrogen and oxygen atoms in total. The van der Waals surface area contributed by atoms with Crippen molar-refractivity contribution in [2.45, 2.75) is 17.3 Å². The number of aliphatic carboxylic acids is 1. The van der Waals surface area contributed by atoms with Crippen LogP contribution in [0.15, 0.2) is 4.34 Å². The van der Waals surface area contributed by atoms with E-state index in [-0.39, 0.29) is 5.75 Å². The van der Waals surface area contributed by atoms with Gasteiger partial charge in [-0.2, -0.15) is 0 Å². The van der Waals surface area contributed by atoms with E-state index < -0.39 is 5.97 Å². The van der Waals surface area contributed by atoms with Crippen LogP contribution in [0.5, 0.6) is 0 Å². The number of carboxylic acid groups (broad SMARTS) is 1. The van der Waals surface area contributed by atoms with Gasteiger partial charge in [0.1, 0.15) is 0 Å². The molecule has 1 aromatic heterocycles. The van der Waals surface area contributed by atoms with E-state index in [1.807, 2.05) is 0 Å². The molecular weight excluding hydrogens is 284 g/mol. The summed E-state index contributed by atoms with van der Waals surface area (Å²) in [5, 5.41) is 17.7. The minimum atomic E-state index is -0.829. The summed E-state index contributed by atoms with van der Waals surface area (Å²) >= 11 is 2.70. The minimum Gasteiger partial charge on any atom is -0.481 e. The molecule has 0 aromatic carbocycles. The number of rotatable bonds is 5. The summed E-state index contributed by atoms with van der Waals surface area (Å²) in [7, 11) is 4.19. The van der Waals surface area contributed by atoms with E-state index in [1.165, 1.54) is 23.1 Å². The van der Waals surface area contributed by atoms with Crippen LogP contribution in [0.1, 0.15) is 6.92 Å². The number of hydrogen-bond donors (Lipinski definition) is 1. The van der Waals surface area contributed by atoms with Crippen molar-refractivity contribution in [3.63, 3.8) is 0 Å². The van der Waals surface area contributed by atoms with E-state index in [9.17, 15) is 4.79 Å². The predicted molar refractivity (Wildman–Crippen MR) is 77.1 cm³/mol. The van der Waals surface area contributed by atoms with Gasteiger partial charge in [-0.3, -0.25) is 4.79 Å². The second-order valence-corrected chi connectivity index (χ2v) is 7.12. The van der Waals surface area contributed by atoms with Gasteiger partial charge in [0, 0.05) is 19.1 Å². The summed E-state index contributed by atoms with van der Waals surface area (Å²) in [5.41, 5.74) is 0. The smallest absolute Gasteiger partial charge is 0.313 e. The van der Waals surface area contributed by atoms with E-state index in [2.05, 4.69) is 41.0 Å². The molecule has 0 spiro atoms. The van der Waals surface area contributed by atoms with Crippen molar-refractivity contribution < 1.29 is 9.90 Å². The van der Waals surface area contributed by atoms with Gasteiger partial charge in [-0.25, -0.2) is 0 Å². The molecule has 0 amide bonds. The van der Waals surface area contributed by atoms with Crippen LogP contribution in [0.25, 0.3) is 0 Å². The standard InChI is InChI=1S/C11H18N4O2S2/c1-7-4-15(5-8(7)14(2)3)10-12-13-11(19-10)18-6-9(16)17/h7-8H,4-6H2,1-3H3,(H,16,17). The Bertz CT molecular complexity index is 452. The van der Waals surface area contributed by atoms with Crippen molar-refractivity contribution in [3.05, 3.63) is 0 Å². The second-order valence-electron chi connectivity index (χ2n) is 4.95. The summed E-state index contributed by atoms with van der Waals surface area (Å²) in [4.78, 5) is 15.0. The first-order chi connectivity index (χ1) is 8.97. The number of anilines is 1. The Balaban J connectivity index is 1.98. The first-order valence-corrected chi connectivity index (χ1v) is 7.87. The van der Waals surface area contributed by atoms with Gasteiger partial charge >= 0.3 is 5.97 Å². The monoisotopic (exact) mass is 302 g/mol. The molecule has 1 aliphatic heterocycles. The van der Waals surface area contributed by atoms with E-state index in [1.54, 1.807) is 0 Å². The first kappa shape index (κ1) is 14.5. The number of likely N-dealkylation sites (N-methyl/N-ethyl adjacent to an activating group) is 1. The average molecular weight is 302 g/mol. The molecule has 1 saturated heterocycles. The number of carbonyl (C=O) groups is 1. The van der Waals surface area contributed by atoms with Gasteiger partial charge in [0.25, 0.3) is 0 Å². The zero-order valence-corrected chi connectivity index (χ0v) is 12.9. The van der Waals surface area contributed by atoms with Crippen LogP contribution in [0.2, 0.25) is 0 Å². The zero-order chi connectivity index (χ0) is 14.0. The highest BCUT2D eigenvalue weighted by molar-refractivity contribution is 8.01. The van der Waals surface area contributed by atoms with Gasteiger partial charge < -0.3 is 14.9 Å². The SMILES string of the molecule is CC1CN(c2nnc(SCC(=O)O)s2)CC1N(C)C. The lowest BCUT2D eigenvalue weighted by Crippen LogP contribution is -2.34. The molecular formula is C11H18N4O2S2. The second kappa shape index (κ2) is 6.06. The van der Waals surface area contributed by atoms with E-state index in [0.29, 0.717) is 12.0 Å². The Morgan fingerprint density at radius 3 is 2.84 bits per heavy atom. The molecule has 2 unspecified atom stereocenters. The van der Waals surface area contributed by atoms with Crippen LogP contribution < -0.4 is 4.90 Å². The quantitative estimate of drug-likeness (QED) is 0.817. The van der Waals surface area contributed by atoms with Crippen LogP contribution in [0.4, 0.5) is 5.13 Å². The van der Waals surface area contributed by atoms with Crippen molar-refractivity contribution >= 4 is 34.2 Å². The number of thioether (sulfide) groups is 1. The van der Waals surface area contributed by atoms with Gasteiger partial charge in [0.15, 0.2) is 4.34 Å². The Kier molecular flexibility index (Phi) is 4.64. The van der Waals surface area contributed by atoms with Crippen molar-refractivity contribution in [3.8, 4) is 0 Å². The molecule has 19 heavy (non-hydrogen) atoms. The van der Waals surface area contributed by atoms with Crippen LogP contribution in [0.3, 0.4) is 0 Å². The Morgan fingerprint density at radius 2 is 2.26 bits per heavy atom. The maximum absolute atomic E-state index is 10.5. The summed E-state index contributed by atoms with van der Waals surface area (Å²) in [6, 6.07) is 0.527. The Hall–Kier alpha value is -0.860. The Labute approximate surface area is 120 Å². The molecule has 106 valence electrons. The van der Waals surface area contributed by atoms with E-state index in [0.717, 1.165) is 22.6 Å². The average Bonchev–Trinajstić information content (AvgIpc) is 2.92. The van der Waals surface area contributed by atoms with Crippen molar-refractivity contribution in [1.29, 1.82) is 0 Å². The fourth-order valence-corrected chi connectivity index (χ4v) is 3.87. The zero-order valence-electron chi connectivity index (χ0n) is 11.2. The highest BCUT2D eigenvalue weighted by atomic mass is 32.2. The summed E-state index contributed by atoms with van der Waals surface area (Å²) < 4.78 is 0.721. The lowest BCUT2D eigenvalue weighted by molar-refractivity contribution is -0.133. The van der Waals surface area contributed by atoms with Gasteiger partial charge in [0.05, 0.1) is 5.75 Å². The molecule has 0 saturated carbocycles. The van der Waals surface area contributed by atoms with Gasteiger partial charge in [0.2, 0.25) is 5.13 Å². The number of aromatic nitrogens is 2. The largest absolute Gasteiger partial charge is 0.481 e. The van der Waals surface area contributed by atoms with Gasteiger partial charge in [-0.15, -0.1) is 10.2 Å². The normalized spacial score (nSPS) is 23.3. The molecule has 0 radical (unpaired) electrons. The van der Waals surface area contributed by atoms with Crippen molar-refractivity contribution in [1.82, 2.24) is 15.1 Å². The van der Waals surface area contributed by atoms with Crippen LogP contribution >= 0.6 is 23.1 Å². The van der Waals surface area contributed by atoms with Gasteiger partial charge in [-0.05, 0) is 20.0 Å². The minimum absolute atomic E-state index is 0.0331. The fourth-order valence-electron chi connectivity index (χ4n) is 2.29. The molecule has 1 aromatic rings. The maximum Gasteiger partial charge on any atom is 0.313 e. The van der Waals surface area contributed by atoms with Crippen LogP contribution in [0, 0.1) is 5.92 Å². The summed E-state index contributed by atoms with van der Waals surface area (Å²) in [6.07, 6.45) is 0. The van der Waals surface area contributed by atoms with E-state index >= 15 is 0 Å². The first-order valence-electron chi connectivity index (χ1n) is 6.07. The van der Waals surface area contributed by atoms with E-state index in [4.69, 9.17) is 5.11 Å². The molecule has 2 rings (SSSR count). The molecule has 1 fully saturated rings. The topological polar surface area (TPSA) is 69.6 Å². The lowest BCUT2D eigenvalue weighted by atomic mass is 10.1. The predicted octanol–water partition coefficient (Wildman–Crippen LogP) is 1.10. The highest BCUT2D eigenvalue weighted by Gasteiger charge is 2.32. The summed E-state index contributed by atoms with van der Waals surface area (Å²) in [6.45, 7) is 4.17. The Morgan fingerprint density at radius 1 is 1.53 bits per heavy atom. The molecule has 1 N–H and O–H groups in total. The number of carboxylic acids is 1. The third-order valence-corrected chi connectivity index (χ3v) is 5.32. The molecule has 1 aliphatic rings. The molecule has 0 bridgehead atoms. The van der Waals surface area contributed by atoms with Gasteiger partial charge in [-0.1, -0.05) is 30.0 Å².